The number of carbonyl (C=O) groups excluding carboxylic acids is 2. The highest BCUT2D eigenvalue weighted by Crippen LogP contribution is 2.09. The SMILES string of the molecule is CC(C)(C)OC(=O)N[C@@H](C[C@@H](O)C[NH+]([O-])[O-])C(=O)OCc1ccccc1. The highest BCUT2D eigenvalue weighted by atomic mass is 16.8. The van der Waals surface area contributed by atoms with Gasteiger partial charge in [0.05, 0.1) is 0 Å². The smallest absolute Gasteiger partial charge is 0.408 e. The van der Waals surface area contributed by atoms with E-state index < -0.39 is 41.6 Å². The summed E-state index contributed by atoms with van der Waals surface area (Å²) in [5.74, 6) is -0.808. The van der Waals surface area contributed by atoms with Crippen molar-refractivity contribution < 1.29 is 29.4 Å². The second kappa shape index (κ2) is 10.1. The number of hydrogen-bond acceptors (Lipinski definition) is 7. The molecule has 0 spiro atoms. The van der Waals surface area contributed by atoms with Gasteiger partial charge in [-0.05, 0) is 26.3 Å². The molecule has 0 saturated heterocycles. The fourth-order valence-electron chi connectivity index (χ4n) is 2.04. The molecule has 0 aliphatic heterocycles. The summed E-state index contributed by atoms with van der Waals surface area (Å²) >= 11 is 0. The Bertz CT molecular complexity index is 572. The van der Waals surface area contributed by atoms with Crippen molar-refractivity contribution in [3.05, 3.63) is 46.3 Å². The molecule has 2 atom stereocenters. The molecule has 1 amide bonds. The highest BCUT2D eigenvalue weighted by Gasteiger charge is 2.28. The first kappa shape index (κ1) is 21.8. The van der Waals surface area contributed by atoms with E-state index in [0.717, 1.165) is 5.56 Å². The van der Waals surface area contributed by atoms with Crippen molar-refractivity contribution in [1.82, 2.24) is 5.32 Å². The average Bonchev–Trinajstić information content (AvgIpc) is 2.50. The fourth-order valence-corrected chi connectivity index (χ4v) is 2.04. The minimum absolute atomic E-state index is 0.0250. The van der Waals surface area contributed by atoms with Gasteiger partial charge in [0.2, 0.25) is 0 Å². The average molecular weight is 369 g/mol. The van der Waals surface area contributed by atoms with Gasteiger partial charge in [-0.15, -0.1) is 0 Å². The summed E-state index contributed by atoms with van der Waals surface area (Å²) < 4.78 is 10.2. The van der Waals surface area contributed by atoms with Crippen LogP contribution in [-0.4, -0.2) is 41.5 Å². The summed E-state index contributed by atoms with van der Waals surface area (Å²) in [6, 6.07) is 7.63. The molecule has 1 aromatic carbocycles. The number of aliphatic hydroxyl groups is 1. The minimum Gasteiger partial charge on any atom is -0.633 e. The third-order valence-electron chi connectivity index (χ3n) is 3.11. The molecule has 0 radical (unpaired) electrons. The lowest BCUT2D eigenvalue weighted by Crippen LogP contribution is -3.03. The molecule has 0 fully saturated rings. The van der Waals surface area contributed by atoms with Crippen LogP contribution in [0.5, 0.6) is 0 Å². The van der Waals surface area contributed by atoms with E-state index in [1.54, 1.807) is 45.0 Å². The monoisotopic (exact) mass is 369 g/mol. The number of nitrogens with one attached hydrogen (secondary N) is 2. The second-order valence-electron chi connectivity index (χ2n) is 6.76. The first-order valence-electron chi connectivity index (χ1n) is 8.15. The molecule has 0 unspecified atom stereocenters. The fraction of sp³-hybridized carbons (Fsp3) is 0.529. The Kier molecular flexibility index (Phi) is 8.46. The Morgan fingerprint density at radius 3 is 2.38 bits per heavy atom. The van der Waals surface area contributed by atoms with Gasteiger partial charge in [0.1, 0.15) is 30.9 Å². The van der Waals surface area contributed by atoms with Crippen LogP contribution in [0.3, 0.4) is 0 Å². The summed E-state index contributed by atoms with van der Waals surface area (Å²) in [4.78, 5) is 24.2. The molecule has 0 aliphatic rings. The van der Waals surface area contributed by atoms with Gasteiger partial charge < -0.3 is 35.5 Å². The maximum Gasteiger partial charge on any atom is 0.408 e. The molecule has 0 aliphatic carbocycles. The van der Waals surface area contributed by atoms with Gasteiger partial charge in [0.25, 0.3) is 0 Å². The minimum atomic E-state index is -1.47. The number of alkyl carbamates (subject to hydrolysis) is 1. The highest BCUT2D eigenvalue weighted by molar-refractivity contribution is 5.81. The molecular weight excluding hydrogens is 344 g/mol. The number of esters is 1. The number of quaternary nitrogens is 1. The third-order valence-corrected chi connectivity index (χ3v) is 3.11. The van der Waals surface area contributed by atoms with E-state index in [9.17, 15) is 25.1 Å². The Morgan fingerprint density at radius 2 is 1.85 bits per heavy atom. The number of benzene rings is 1. The van der Waals surface area contributed by atoms with E-state index in [2.05, 4.69) is 5.32 Å². The van der Waals surface area contributed by atoms with Crippen molar-refractivity contribution in [1.29, 1.82) is 0 Å². The largest absolute Gasteiger partial charge is 0.633 e. The second-order valence-corrected chi connectivity index (χ2v) is 6.76. The Morgan fingerprint density at radius 1 is 1.23 bits per heavy atom. The molecule has 26 heavy (non-hydrogen) atoms. The van der Waals surface area contributed by atoms with Crippen LogP contribution in [0.4, 0.5) is 4.79 Å². The van der Waals surface area contributed by atoms with Gasteiger partial charge in [0, 0.05) is 6.42 Å². The molecule has 0 saturated carbocycles. The normalized spacial score (nSPS) is 13.8. The van der Waals surface area contributed by atoms with Crippen molar-refractivity contribution in [2.24, 2.45) is 0 Å². The van der Waals surface area contributed by atoms with Crippen molar-refractivity contribution in [2.45, 2.75) is 51.5 Å². The van der Waals surface area contributed by atoms with E-state index in [-0.39, 0.29) is 13.0 Å². The summed E-state index contributed by atoms with van der Waals surface area (Å²) in [6.45, 7) is 4.27. The zero-order valence-electron chi connectivity index (χ0n) is 15.1. The van der Waals surface area contributed by atoms with Gasteiger partial charge >= 0.3 is 12.1 Å². The van der Waals surface area contributed by atoms with Crippen molar-refractivity contribution in [3.8, 4) is 0 Å². The van der Waals surface area contributed by atoms with Crippen LogP contribution in [0.1, 0.15) is 32.8 Å². The number of hydroxylamine groups is 2. The van der Waals surface area contributed by atoms with Crippen molar-refractivity contribution in [3.63, 3.8) is 0 Å². The van der Waals surface area contributed by atoms with Crippen LogP contribution >= 0.6 is 0 Å². The number of amides is 1. The van der Waals surface area contributed by atoms with Gasteiger partial charge in [-0.2, -0.15) is 0 Å². The predicted molar refractivity (Wildman–Crippen MR) is 92.6 cm³/mol. The summed E-state index contributed by atoms with van der Waals surface area (Å²) in [6.07, 6.45) is -2.61. The first-order valence-corrected chi connectivity index (χ1v) is 8.15. The van der Waals surface area contributed by atoms with Crippen LogP contribution in [0.25, 0.3) is 0 Å². The molecule has 9 nitrogen and oxygen atoms in total. The Hall–Kier alpha value is -2.20. The maximum absolute atomic E-state index is 12.3. The van der Waals surface area contributed by atoms with Gasteiger partial charge in [-0.1, -0.05) is 30.3 Å². The summed E-state index contributed by atoms with van der Waals surface area (Å²) in [5, 5.41) is 31.8. The number of hydrogen-bond donors (Lipinski definition) is 3. The lowest BCUT2D eigenvalue weighted by molar-refractivity contribution is -0.796. The van der Waals surface area contributed by atoms with E-state index in [0.29, 0.717) is 0 Å². The quantitative estimate of drug-likeness (QED) is 0.441. The lowest BCUT2D eigenvalue weighted by Gasteiger charge is -2.29. The molecule has 1 aromatic rings. The van der Waals surface area contributed by atoms with Gasteiger partial charge in [-0.25, -0.2) is 9.59 Å². The molecular formula is C17H25N2O7-. The standard InChI is InChI=1S/C17H25N2O7/c1-17(2,3)26-16(22)18-14(9-13(20)10-19(23)24)15(21)25-11-12-7-5-4-6-8-12/h4-8,13-14,19-20H,9-11H2,1-3H3,(H,18,22)/q-1/t13-,14+/m1/s1. The number of carbonyl (C=O) groups is 2. The molecule has 0 bridgehead atoms. The van der Waals surface area contributed by atoms with Crippen LogP contribution < -0.4 is 10.5 Å². The molecule has 9 heteroatoms. The molecule has 3 N–H and O–H groups in total. The number of rotatable bonds is 8. The van der Waals surface area contributed by atoms with E-state index in [1.165, 1.54) is 0 Å². The van der Waals surface area contributed by atoms with Crippen LogP contribution in [0.2, 0.25) is 0 Å². The molecule has 1 rings (SSSR count). The zero-order chi connectivity index (χ0) is 19.7. The zero-order valence-corrected chi connectivity index (χ0v) is 15.1. The van der Waals surface area contributed by atoms with Crippen molar-refractivity contribution >= 4 is 12.1 Å². The number of aliphatic hydroxyl groups excluding tert-OH is 1. The lowest BCUT2D eigenvalue weighted by atomic mass is 10.1. The topological polar surface area (TPSA) is 135 Å². The van der Waals surface area contributed by atoms with Crippen LogP contribution in [0, 0.1) is 10.4 Å². The van der Waals surface area contributed by atoms with Crippen LogP contribution in [0.15, 0.2) is 30.3 Å². The van der Waals surface area contributed by atoms with Gasteiger partial charge in [0.15, 0.2) is 0 Å². The molecule has 0 aromatic heterocycles. The predicted octanol–water partition coefficient (Wildman–Crippen LogP) is 0.255. The molecule has 146 valence electrons. The summed E-state index contributed by atoms with van der Waals surface area (Å²) in [5.41, 5.74) is -0.0428. The van der Waals surface area contributed by atoms with E-state index in [1.807, 2.05) is 6.07 Å². The Balaban J connectivity index is 2.71. The number of ether oxygens (including phenoxy) is 2. The summed E-state index contributed by atoms with van der Waals surface area (Å²) in [7, 11) is 0. The van der Waals surface area contributed by atoms with E-state index >= 15 is 0 Å². The Labute approximate surface area is 152 Å². The first-order chi connectivity index (χ1) is 12.1. The van der Waals surface area contributed by atoms with Crippen molar-refractivity contribution in [2.75, 3.05) is 6.54 Å². The van der Waals surface area contributed by atoms with E-state index in [4.69, 9.17) is 9.47 Å². The van der Waals surface area contributed by atoms with Gasteiger partial charge in [-0.3, -0.25) is 0 Å². The molecule has 0 heterocycles. The van der Waals surface area contributed by atoms with Crippen LogP contribution in [-0.2, 0) is 20.9 Å². The third kappa shape index (κ3) is 9.33. The maximum atomic E-state index is 12.3.